The minimum absolute atomic E-state index is 0.00223. The highest BCUT2D eigenvalue weighted by molar-refractivity contribution is 5.73. The van der Waals surface area contributed by atoms with Crippen LogP contribution >= 0.6 is 0 Å². The molecule has 1 saturated carbocycles. The van der Waals surface area contributed by atoms with Crippen molar-refractivity contribution < 1.29 is 14.3 Å². The summed E-state index contributed by atoms with van der Waals surface area (Å²) < 4.78 is 13.5. The van der Waals surface area contributed by atoms with E-state index in [2.05, 4.69) is 9.55 Å². The molecule has 138 valence electrons. The van der Waals surface area contributed by atoms with E-state index >= 15 is 0 Å². The van der Waals surface area contributed by atoms with Gasteiger partial charge in [-0.2, -0.15) is 0 Å². The molecule has 2 aromatic carbocycles. The number of rotatable bonds is 7. The minimum Gasteiger partial charge on any atom is -0.489 e. The summed E-state index contributed by atoms with van der Waals surface area (Å²) in [4.78, 5) is 16.3. The van der Waals surface area contributed by atoms with Gasteiger partial charge in [-0.25, -0.2) is 4.98 Å². The first kappa shape index (κ1) is 17.3. The molecule has 1 aliphatic carbocycles. The average molecular weight is 362 g/mol. The Labute approximate surface area is 158 Å². The first-order valence-electron chi connectivity index (χ1n) is 9.19. The first-order chi connectivity index (χ1) is 13.3. The number of benzene rings is 2. The van der Waals surface area contributed by atoms with Gasteiger partial charge in [-0.3, -0.25) is 4.79 Å². The second kappa shape index (κ2) is 8.08. The maximum Gasteiger partial charge on any atom is 0.310 e. The van der Waals surface area contributed by atoms with E-state index in [1.807, 2.05) is 67.1 Å². The van der Waals surface area contributed by atoms with Crippen LogP contribution in [0, 0.1) is 0 Å². The van der Waals surface area contributed by atoms with Gasteiger partial charge in [-0.15, -0.1) is 0 Å². The van der Waals surface area contributed by atoms with E-state index in [-0.39, 0.29) is 18.5 Å². The van der Waals surface area contributed by atoms with E-state index < -0.39 is 0 Å². The van der Waals surface area contributed by atoms with Crippen molar-refractivity contribution in [3.05, 3.63) is 84.4 Å². The molecule has 0 unspecified atom stereocenters. The van der Waals surface area contributed by atoms with Gasteiger partial charge in [-0.05, 0) is 23.3 Å². The number of imidazole rings is 1. The molecular weight excluding hydrogens is 340 g/mol. The van der Waals surface area contributed by atoms with Crippen LogP contribution in [0.1, 0.15) is 30.0 Å². The van der Waals surface area contributed by atoms with Crippen LogP contribution in [-0.4, -0.2) is 21.6 Å². The summed E-state index contributed by atoms with van der Waals surface area (Å²) in [5.41, 5.74) is 2.01. The van der Waals surface area contributed by atoms with Gasteiger partial charge in [0.05, 0.1) is 12.7 Å². The van der Waals surface area contributed by atoms with Gasteiger partial charge in [-0.1, -0.05) is 42.5 Å². The molecule has 0 spiro atoms. The molecule has 0 saturated heterocycles. The topological polar surface area (TPSA) is 53.4 Å². The van der Waals surface area contributed by atoms with E-state index in [0.29, 0.717) is 12.6 Å². The molecule has 1 fully saturated rings. The third-order valence-corrected chi connectivity index (χ3v) is 4.81. The van der Waals surface area contributed by atoms with Crippen LogP contribution in [0.2, 0.25) is 0 Å². The smallest absolute Gasteiger partial charge is 0.310 e. The van der Waals surface area contributed by atoms with Crippen LogP contribution in [-0.2, 0) is 22.6 Å². The number of carbonyl (C=O) groups is 1. The molecule has 0 bridgehead atoms. The molecule has 0 radical (unpaired) electrons. The highest BCUT2D eigenvalue weighted by atomic mass is 16.5. The van der Waals surface area contributed by atoms with Crippen LogP contribution < -0.4 is 4.74 Å². The summed E-state index contributed by atoms with van der Waals surface area (Å²) in [6.07, 6.45) is 7.49. The number of aromatic nitrogens is 2. The summed E-state index contributed by atoms with van der Waals surface area (Å²) in [7, 11) is 0. The van der Waals surface area contributed by atoms with E-state index in [1.165, 1.54) is 0 Å². The lowest BCUT2D eigenvalue weighted by atomic mass is 9.89. The van der Waals surface area contributed by atoms with Crippen LogP contribution in [0.4, 0.5) is 0 Å². The minimum atomic E-state index is -0.190. The Morgan fingerprint density at radius 1 is 1.07 bits per heavy atom. The Bertz CT molecular complexity index is 872. The molecule has 1 aliphatic rings. The maximum absolute atomic E-state index is 12.2. The van der Waals surface area contributed by atoms with Crippen molar-refractivity contribution in [2.24, 2.45) is 0 Å². The normalized spacial score (nSPS) is 18.5. The van der Waals surface area contributed by atoms with E-state index in [1.54, 1.807) is 6.20 Å². The summed E-state index contributed by atoms with van der Waals surface area (Å²) in [6, 6.07) is 18.0. The summed E-state index contributed by atoms with van der Waals surface area (Å²) in [5.74, 6) is 0.567. The third-order valence-electron chi connectivity index (χ3n) is 4.81. The van der Waals surface area contributed by atoms with E-state index in [0.717, 1.165) is 29.7 Å². The molecule has 1 aromatic heterocycles. The van der Waals surface area contributed by atoms with Crippen molar-refractivity contribution in [2.75, 3.05) is 0 Å². The van der Waals surface area contributed by atoms with Gasteiger partial charge in [0.25, 0.3) is 0 Å². The Morgan fingerprint density at radius 3 is 2.67 bits per heavy atom. The quantitative estimate of drug-likeness (QED) is 0.597. The first-order valence-corrected chi connectivity index (χ1v) is 9.19. The molecule has 1 heterocycles. The predicted octanol–water partition coefficient (Wildman–Crippen LogP) is 3.95. The fraction of sp³-hybridized carbons (Fsp3) is 0.273. The van der Waals surface area contributed by atoms with Crippen molar-refractivity contribution in [1.82, 2.24) is 9.55 Å². The van der Waals surface area contributed by atoms with Crippen LogP contribution in [0.3, 0.4) is 0 Å². The maximum atomic E-state index is 12.2. The number of carbonyl (C=O) groups excluding carboxylic acids is 1. The Hall–Kier alpha value is -3.08. The molecule has 5 nitrogen and oxygen atoms in total. The van der Waals surface area contributed by atoms with E-state index in [4.69, 9.17) is 9.47 Å². The zero-order valence-electron chi connectivity index (χ0n) is 15.0. The molecule has 5 heteroatoms. The summed E-state index contributed by atoms with van der Waals surface area (Å²) in [5, 5.41) is 0. The molecule has 0 N–H and O–H groups in total. The molecule has 0 aliphatic heterocycles. The zero-order chi connectivity index (χ0) is 18.5. The molecular formula is C22H22N2O3. The number of hydrogen-bond donors (Lipinski definition) is 0. The van der Waals surface area contributed by atoms with Gasteiger partial charge >= 0.3 is 5.97 Å². The van der Waals surface area contributed by atoms with Gasteiger partial charge in [0.15, 0.2) is 0 Å². The van der Waals surface area contributed by atoms with Gasteiger partial charge < -0.3 is 14.0 Å². The number of nitrogens with zero attached hydrogens (tertiary/aromatic N) is 2. The van der Waals surface area contributed by atoms with Crippen molar-refractivity contribution in [2.45, 2.75) is 38.0 Å². The van der Waals surface area contributed by atoms with Crippen LogP contribution in [0.5, 0.6) is 5.75 Å². The van der Waals surface area contributed by atoms with Crippen LogP contribution in [0.15, 0.2) is 73.3 Å². The second-order valence-corrected chi connectivity index (χ2v) is 6.85. The fourth-order valence-corrected chi connectivity index (χ4v) is 3.24. The Morgan fingerprint density at radius 2 is 1.89 bits per heavy atom. The second-order valence-electron chi connectivity index (χ2n) is 6.85. The highest BCUT2D eigenvalue weighted by Crippen LogP contribution is 2.34. The highest BCUT2D eigenvalue weighted by Gasteiger charge is 2.33. The lowest BCUT2D eigenvalue weighted by Gasteiger charge is -2.35. The van der Waals surface area contributed by atoms with Gasteiger partial charge in [0, 0.05) is 31.3 Å². The van der Waals surface area contributed by atoms with Crippen LogP contribution in [0.25, 0.3) is 0 Å². The average Bonchev–Trinajstić information content (AvgIpc) is 3.18. The van der Waals surface area contributed by atoms with Gasteiger partial charge in [0.2, 0.25) is 0 Å². The number of ether oxygens (including phenoxy) is 2. The molecule has 4 rings (SSSR count). The summed E-state index contributed by atoms with van der Waals surface area (Å²) in [6.45, 7) is 0.506. The zero-order valence-corrected chi connectivity index (χ0v) is 15.0. The Balaban J connectivity index is 1.25. The molecule has 3 aromatic rings. The molecule has 0 amide bonds. The largest absolute Gasteiger partial charge is 0.489 e. The van der Waals surface area contributed by atoms with Gasteiger partial charge in [0.1, 0.15) is 18.5 Å². The fourth-order valence-electron chi connectivity index (χ4n) is 3.24. The lowest BCUT2D eigenvalue weighted by Crippen LogP contribution is -2.34. The third kappa shape index (κ3) is 4.56. The lowest BCUT2D eigenvalue weighted by molar-refractivity contribution is -0.154. The monoisotopic (exact) mass is 362 g/mol. The van der Waals surface area contributed by atoms with Crippen molar-refractivity contribution in [3.63, 3.8) is 0 Å². The molecule has 0 atom stereocenters. The Kier molecular flexibility index (Phi) is 5.19. The van der Waals surface area contributed by atoms with Crippen molar-refractivity contribution >= 4 is 5.97 Å². The van der Waals surface area contributed by atoms with Crippen molar-refractivity contribution in [1.29, 1.82) is 0 Å². The SMILES string of the molecule is O=C(Cc1cccc(OCc2ccccc2)c1)OC1CC(n2ccnc2)C1. The van der Waals surface area contributed by atoms with Crippen molar-refractivity contribution in [3.8, 4) is 5.75 Å². The number of esters is 1. The number of hydrogen-bond acceptors (Lipinski definition) is 4. The summed E-state index contributed by atoms with van der Waals surface area (Å²) >= 11 is 0. The molecule has 27 heavy (non-hydrogen) atoms. The standard InChI is InChI=1S/C22H22N2O3/c25-22(27-21-13-19(14-21)24-10-9-23-16-24)12-18-7-4-8-20(11-18)26-15-17-5-2-1-3-6-17/h1-11,16,19,21H,12-15H2. The van der Waals surface area contributed by atoms with E-state index in [9.17, 15) is 4.79 Å². The predicted molar refractivity (Wildman–Crippen MR) is 101 cm³/mol.